The Morgan fingerprint density at radius 2 is 1.90 bits per heavy atom. The molecular formula is C15H21F3N2O. The minimum absolute atomic E-state index is 0.00425. The third-order valence-corrected chi connectivity index (χ3v) is 2.97. The molecule has 0 aliphatic heterocycles. The Kier molecular flexibility index (Phi) is 6.68. The van der Waals surface area contributed by atoms with Gasteiger partial charge in [-0.1, -0.05) is 32.0 Å². The molecule has 1 rings (SSSR count). The van der Waals surface area contributed by atoms with E-state index in [0.29, 0.717) is 12.5 Å². The van der Waals surface area contributed by atoms with Gasteiger partial charge in [-0.25, -0.2) is 0 Å². The van der Waals surface area contributed by atoms with Gasteiger partial charge in [0.25, 0.3) is 0 Å². The maximum Gasteiger partial charge on any atom is 0.416 e. The predicted molar refractivity (Wildman–Crippen MR) is 75.6 cm³/mol. The Labute approximate surface area is 122 Å². The number of halogens is 3. The van der Waals surface area contributed by atoms with E-state index in [-0.39, 0.29) is 24.6 Å². The fraction of sp³-hybridized carbons (Fsp3) is 0.533. The van der Waals surface area contributed by atoms with Crippen LogP contribution in [-0.2, 0) is 17.5 Å². The van der Waals surface area contributed by atoms with Crippen LogP contribution < -0.4 is 10.6 Å². The summed E-state index contributed by atoms with van der Waals surface area (Å²) >= 11 is 0. The second kappa shape index (κ2) is 8.02. The van der Waals surface area contributed by atoms with Crippen molar-refractivity contribution >= 4 is 5.91 Å². The molecule has 0 radical (unpaired) electrons. The largest absolute Gasteiger partial charge is 0.416 e. The van der Waals surface area contributed by atoms with Gasteiger partial charge in [-0.15, -0.1) is 0 Å². The van der Waals surface area contributed by atoms with E-state index in [1.807, 2.05) is 0 Å². The van der Waals surface area contributed by atoms with Gasteiger partial charge in [0.2, 0.25) is 5.91 Å². The summed E-state index contributed by atoms with van der Waals surface area (Å²) in [5.74, 6) is 0.289. The fourth-order valence-corrected chi connectivity index (χ4v) is 1.82. The lowest BCUT2D eigenvalue weighted by atomic mass is 10.1. The lowest BCUT2D eigenvalue weighted by Gasteiger charge is -2.13. The van der Waals surface area contributed by atoms with Gasteiger partial charge < -0.3 is 10.6 Å². The zero-order chi connectivity index (χ0) is 15.9. The van der Waals surface area contributed by atoms with Crippen molar-refractivity contribution in [1.82, 2.24) is 10.6 Å². The maximum atomic E-state index is 12.8. The van der Waals surface area contributed by atoms with Crippen molar-refractivity contribution < 1.29 is 18.0 Å². The molecule has 0 aliphatic carbocycles. The van der Waals surface area contributed by atoms with Gasteiger partial charge in [-0.3, -0.25) is 4.79 Å². The highest BCUT2D eigenvalue weighted by Gasteiger charge is 2.32. The van der Waals surface area contributed by atoms with Crippen molar-refractivity contribution in [1.29, 1.82) is 0 Å². The van der Waals surface area contributed by atoms with Crippen molar-refractivity contribution in [3.8, 4) is 0 Å². The molecule has 0 heterocycles. The molecule has 0 bridgehead atoms. The first kappa shape index (κ1) is 17.5. The number of nitrogens with one attached hydrogen (secondary N) is 2. The van der Waals surface area contributed by atoms with Gasteiger partial charge >= 0.3 is 6.18 Å². The van der Waals surface area contributed by atoms with Gasteiger partial charge in [0.15, 0.2) is 0 Å². The second-order valence-corrected chi connectivity index (χ2v) is 5.29. The molecule has 1 aromatic rings. The summed E-state index contributed by atoms with van der Waals surface area (Å²) < 4.78 is 38.3. The smallest absolute Gasteiger partial charge is 0.355 e. The summed E-state index contributed by atoms with van der Waals surface area (Å²) in [7, 11) is 0. The highest BCUT2D eigenvalue weighted by Crippen LogP contribution is 2.31. The van der Waals surface area contributed by atoms with Gasteiger partial charge in [0.1, 0.15) is 0 Å². The quantitative estimate of drug-likeness (QED) is 0.813. The summed E-state index contributed by atoms with van der Waals surface area (Å²) in [5.41, 5.74) is -0.530. The zero-order valence-corrected chi connectivity index (χ0v) is 12.3. The third-order valence-electron chi connectivity index (χ3n) is 2.97. The van der Waals surface area contributed by atoms with Crippen molar-refractivity contribution in [3.63, 3.8) is 0 Å². The van der Waals surface area contributed by atoms with E-state index < -0.39 is 11.7 Å². The standard InChI is InChI=1S/C15H21F3N2O/c1-11(2)7-8-20-14(21)10-19-9-12-5-3-4-6-13(12)15(16,17)18/h3-6,11,19H,7-10H2,1-2H3,(H,20,21). The third kappa shape index (κ3) is 6.62. The van der Waals surface area contributed by atoms with Crippen LogP contribution in [0.4, 0.5) is 13.2 Å². The summed E-state index contributed by atoms with van der Waals surface area (Å²) in [6.45, 7) is 4.70. The van der Waals surface area contributed by atoms with Gasteiger partial charge in [-0.05, 0) is 24.0 Å². The highest BCUT2D eigenvalue weighted by molar-refractivity contribution is 5.77. The average molecular weight is 302 g/mol. The Bertz CT molecular complexity index is 458. The fourth-order valence-electron chi connectivity index (χ4n) is 1.82. The van der Waals surface area contributed by atoms with Crippen LogP contribution in [0, 0.1) is 5.92 Å². The monoisotopic (exact) mass is 302 g/mol. The second-order valence-electron chi connectivity index (χ2n) is 5.29. The van der Waals surface area contributed by atoms with Crippen molar-refractivity contribution in [2.24, 2.45) is 5.92 Å². The molecule has 118 valence electrons. The zero-order valence-electron chi connectivity index (χ0n) is 12.3. The van der Waals surface area contributed by atoms with Crippen LogP contribution in [0.1, 0.15) is 31.4 Å². The van der Waals surface area contributed by atoms with E-state index in [4.69, 9.17) is 0 Å². The summed E-state index contributed by atoms with van der Waals surface area (Å²) in [6, 6.07) is 5.35. The minimum atomic E-state index is -4.38. The number of hydrogen-bond acceptors (Lipinski definition) is 2. The van der Waals surface area contributed by atoms with Gasteiger partial charge in [0, 0.05) is 13.1 Å². The molecule has 2 N–H and O–H groups in total. The Morgan fingerprint density at radius 1 is 1.24 bits per heavy atom. The van der Waals surface area contributed by atoms with E-state index >= 15 is 0 Å². The summed E-state index contributed by atoms with van der Waals surface area (Å²) in [5, 5.41) is 5.46. The average Bonchev–Trinajstić information content (AvgIpc) is 2.37. The molecule has 3 nitrogen and oxygen atoms in total. The van der Waals surface area contributed by atoms with Crippen LogP contribution in [0.25, 0.3) is 0 Å². The molecule has 1 aromatic carbocycles. The maximum absolute atomic E-state index is 12.8. The molecule has 0 atom stereocenters. The Hall–Kier alpha value is -1.56. The van der Waals surface area contributed by atoms with Crippen molar-refractivity contribution in [2.75, 3.05) is 13.1 Å². The first-order chi connectivity index (χ1) is 9.80. The Morgan fingerprint density at radius 3 is 2.52 bits per heavy atom. The van der Waals surface area contributed by atoms with Gasteiger partial charge in [-0.2, -0.15) is 13.2 Å². The molecule has 0 saturated heterocycles. The number of carbonyl (C=O) groups excluding carboxylic acids is 1. The predicted octanol–water partition coefficient (Wildman–Crippen LogP) is 2.96. The summed E-state index contributed by atoms with van der Waals surface area (Å²) in [4.78, 5) is 11.5. The number of benzene rings is 1. The lowest BCUT2D eigenvalue weighted by molar-refractivity contribution is -0.138. The number of alkyl halides is 3. The molecule has 0 aliphatic rings. The number of rotatable bonds is 7. The summed E-state index contributed by atoms with van der Waals surface area (Å²) in [6.07, 6.45) is -3.50. The minimum Gasteiger partial charge on any atom is -0.355 e. The molecule has 0 spiro atoms. The van der Waals surface area contributed by atoms with E-state index in [0.717, 1.165) is 12.5 Å². The van der Waals surface area contributed by atoms with Gasteiger partial charge in [0.05, 0.1) is 12.1 Å². The number of carbonyl (C=O) groups is 1. The van der Waals surface area contributed by atoms with Crippen molar-refractivity contribution in [3.05, 3.63) is 35.4 Å². The number of hydrogen-bond donors (Lipinski definition) is 2. The highest BCUT2D eigenvalue weighted by atomic mass is 19.4. The van der Waals surface area contributed by atoms with Crippen LogP contribution >= 0.6 is 0 Å². The van der Waals surface area contributed by atoms with Crippen LogP contribution in [0.15, 0.2) is 24.3 Å². The topological polar surface area (TPSA) is 41.1 Å². The first-order valence-corrected chi connectivity index (χ1v) is 6.93. The van der Waals surface area contributed by atoms with E-state index in [1.54, 1.807) is 6.07 Å². The number of amides is 1. The molecule has 0 saturated carbocycles. The molecule has 6 heteroatoms. The van der Waals surface area contributed by atoms with E-state index in [1.165, 1.54) is 12.1 Å². The van der Waals surface area contributed by atoms with Crippen LogP contribution in [-0.4, -0.2) is 19.0 Å². The van der Waals surface area contributed by atoms with Crippen LogP contribution in [0.5, 0.6) is 0 Å². The normalized spacial score (nSPS) is 11.7. The van der Waals surface area contributed by atoms with E-state index in [9.17, 15) is 18.0 Å². The van der Waals surface area contributed by atoms with Crippen molar-refractivity contribution in [2.45, 2.75) is 33.0 Å². The molecule has 1 amide bonds. The Balaban J connectivity index is 2.41. The molecule has 21 heavy (non-hydrogen) atoms. The molecule has 0 fully saturated rings. The van der Waals surface area contributed by atoms with Crippen LogP contribution in [0.2, 0.25) is 0 Å². The molecule has 0 unspecified atom stereocenters. The molecule has 0 aromatic heterocycles. The SMILES string of the molecule is CC(C)CCNC(=O)CNCc1ccccc1C(F)(F)F. The lowest BCUT2D eigenvalue weighted by Crippen LogP contribution is -2.34. The first-order valence-electron chi connectivity index (χ1n) is 6.93. The van der Waals surface area contributed by atoms with Crippen LogP contribution in [0.3, 0.4) is 0 Å². The van der Waals surface area contributed by atoms with E-state index in [2.05, 4.69) is 24.5 Å². The molecular weight excluding hydrogens is 281 g/mol.